The lowest BCUT2D eigenvalue weighted by molar-refractivity contribution is 0.159. The van der Waals surface area contributed by atoms with Crippen molar-refractivity contribution in [2.75, 3.05) is 6.61 Å². The Morgan fingerprint density at radius 1 is 0.870 bits per heavy atom. The molecule has 2 aromatic carbocycles. The fourth-order valence-corrected chi connectivity index (χ4v) is 4.05. The lowest BCUT2D eigenvalue weighted by Crippen LogP contribution is -2.09. The summed E-state index contributed by atoms with van der Waals surface area (Å²) in [5.74, 6) is 0. The minimum atomic E-state index is -3.65. The molecule has 0 radical (unpaired) electrons. The van der Waals surface area contributed by atoms with Crippen molar-refractivity contribution in [3.05, 3.63) is 60.2 Å². The highest BCUT2D eigenvalue weighted by Gasteiger charge is 2.23. The zero-order valence-electron chi connectivity index (χ0n) is 12.9. The lowest BCUT2D eigenvalue weighted by atomic mass is 10.0. The second kappa shape index (κ2) is 8.24. The van der Waals surface area contributed by atoms with Crippen molar-refractivity contribution in [1.82, 2.24) is 0 Å². The topological polar surface area (TPSA) is 74.6 Å². The second-order valence-electron chi connectivity index (χ2n) is 5.44. The molecule has 1 unspecified atom stereocenters. The Morgan fingerprint density at radius 3 is 2.22 bits per heavy atom. The Bertz CT molecular complexity index is 711. The second-order valence-corrected chi connectivity index (χ2v) is 7.36. The van der Waals surface area contributed by atoms with Gasteiger partial charge in [-0.1, -0.05) is 49.2 Å². The van der Waals surface area contributed by atoms with E-state index in [0.29, 0.717) is 18.4 Å². The zero-order chi connectivity index (χ0) is 16.7. The van der Waals surface area contributed by atoms with Crippen LogP contribution in [0.5, 0.6) is 0 Å². The molecular formula is C18H22O4S. The van der Waals surface area contributed by atoms with Crippen molar-refractivity contribution in [3.8, 4) is 0 Å². The molecule has 0 heterocycles. The molecule has 2 rings (SSSR count). The molecular weight excluding hydrogens is 312 g/mol. The first-order chi connectivity index (χ1) is 11.1. The summed E-state index contributed by atoms with van der Waals surface area (Å²) < 4.78 is 25.6. The summed E-state index contributed by atoms with van der Waals surface area (Å²) in [6, 6.07) is 14.8. The molecule has 4 nitrogen and oxygen atoms in total. The van der Waals surface area contributed by atoms with Gasteiger partial charge in [0.05, 0.1) is 15.9 Å². The summed E-state index contributed by atoms with van der Waals surface area (Å²) in [7, 11) is -3.65. The fraction of sp³-hybridized carbons (Fsp3) is 0.333. The van der Waals surface area contributed by atoms with E-state index in [1.54, 1.807) is 48.5 Å². The minimum Gasteiger partial charge on any atom is -0.396 e. The molecule has 124 valence electrons. The summed E-state index contributed by atoms with van der Waals surface area (Å²) in [5.41, 5.74) is 0.431. The average Bonchev–Trinajstić information content (AvgIpc) is 2.59. The van der Waals surface area contributed by atoms with Crippen LogP contribution in [0.15, 0.2) is 64.4 Å². The molecule has 0 saturated heterocycles. The third-order valence-electron chi connectivity index (χ3n) is 3.76. The minimum absolute atomic E-state index is 0.134. The molecule has 0 spiro atoms. The van der Waals surface area contributed by atoms with Gasteiger partial charge in [0.2, 0.25) is 9.84 Å². The number of rotatable bonds is 8. The first kappa shape index (κ1) is 17.7. The number of unbranched alkanes of at least 4 members (excludes halogenated alkanes) is 2. The number of aliphatic hydroxyl groups excluding tert-OH is 2. The quantitative estimate of drug-likeness (QED) is 0.728. The molecule has 0 aliphatic carbocycles. The van der Waals surface area contributed by atoms with Crippen LogP contribution in [0.25, 0.3) is 0 Å². The van der Waals surface area contributed by atoms with E-state index in [9.17, 15) is 13.5 Å². The van der Waals surface area contributed by atoms with E-state index in [4.69, 9.17) is 5.11 Å². The van der Waals surface area contributed by atoms with E-state index >= 15 is 0 Å². The van der Waals surface area contributed by atoms with Crippen LogP contribution in [0.4, 0.5) is 0 Å². The van der Waals surface area contributed by atoms with Crippen LogP contribution in [-0.2, 0) is 9.84 Å². The summed E-state index contributed by atoms with van der Waals surface area (Å²) in [6.07, 6.45) is 1.88. The predicted molar refractivity (Wildman–Crippen MR) is 88.8 cm³/mol. The maximum atomic E-state index is 12.8. The van der Waals surface area contributed by atoms with Gasteiger partial charge in [-0.25, -0.2) is 8.42 Å². The van der Waals surface area contributed by atoms with E-state index in [1.807, 2.05) is 0 Å². The maximum absolute atomic E-state index is 12.8. The van der Waals surface area contributed by atoms with Crippen molar-refractivity contribution in [1.29, 1.82) is 0 Å². The molecule has 0 bridgehead atoms. The van der Waals surface area contributed by atoms with Crippen LogP contribution in [0.1, 0.15) is 37.4 Å². The van der Waals surface area contributed by atoms with Crippen LogP contribution in [0, 0.1) is 0 Å². The molecule has 0 aliphatic rings. The van der Waals surface area contributed by atoms with Crippen molar-refractivity contribution in [3.63, 3.8) is 0 Å². The van der Waals surface area contributed by atoms with Gasteiger partial charge in [0, 0.05) is 6.61 Å². The maximum Gasteiger partial charge on any atom is 0.206 e. The summed E-state index contributed by atoms with van der Waals surface area (Å²) >= 11 is 0. The molecule has 0 aliphatic heterocycles. The van der Waals surface area contributed by atoms with E-state index < -0.39 is 15.9 Å². The van der Waals surface area contributed by atoms with Crippen LogP contribution in [0.2, 0.25) is 0 Å². The van der Waals surface area contributed by atoms with Gasteiger partial charge in [-0.15, -0.1) is 0 Å². The van der Waals surface area contributed by atoms with Crippen LogP contribution in [-0.4, -0.2) is 25.2 Å². The third kappa shape index (κ3) is 4.41. The van der Waals surface area contributed by atoms with Gasteiger partial charge in [0.1, 0.15) is 0 Å². The van der Waals surface area contributed by atoms with Crippen molar-refractivity contribution >= 4 is 9.84 Å². The summed E-state index contributed by atoms with van der Waals surface area (Å²) in [5, 5.41) is 19.2. The number of hydrogen-bond donors (Lipinski definition) is 2. The van der Waals surface area contributed by atoms with Crippen LogP contribution < -0.4 is 0 Å². The van der Waals surface area contributed by atoms with Gasteiger partial charge in [-0.2, -0.15) is 0 Å². The van der Waals surface area contributed by atoms with E-state index in [0.717, 1.165) is 12.8 Å². The highest BCUT2D eigenvalue weighted by atomic mass is 32.2. The molecule has 2 N–H and O–H groups in total. The lowest BCUT2D eigenvalue weighted by Gasteiger charge is -2.16. The van der Waals surface area contributed by atoms with Gasteiger partial charge >= 0.3 is 0 Å². The molecule has 0 fully saturated rings. The highest BCUT2D eigenvalue weighted by molar-refractivity contribution is 7.91. The number of sulfone groups is 1. The number of hydrogen-bond acceptors (Lipinski definition) is 4. The number of benzene rings is 2. The van der Waals surface area contributed by atoms with Crippen molar-refractivity contribution in [2.45, 2.75) is 41.6 Å². The monoisotopic (exact) mass is 334 g/mol. The van der Waals surface area contributed by atoms with Gasteiger partial charge in [-0.3, -0.25) is 0 Å². The first-order valence-corrected chi connectivity index (χ1v) is 9.23. The van der Waals surface area contributed by atoms with Gasteiger partial charge in [-0.05, 0) is 36.6 Å². The molecule has 1 atom stereocenters. The van der Waals surface area contributed by atoms with E-state index in [1.165, 1.54) is 6.07 Å². The third-order valence-corrected chi connectivity index (χ3v) is 5.60. The van der Waals surface area contributed by atoms with E-state index in [-0.39, 0.29) is 16.4 Å². The summed E-state index contributed by atoms with van der Waals surface area (Å²) in [4.78, 5) is 0.376. The molecule has 23 heavy (non-hydrogen) atoms. The van der Waals surface area contributed by atoms with Gasteiger partial charge in [0.25, 0.3) is 0 Å². The Balaban J connectivity index is 2.27. The molecule has 2 aromatic rings. The van der Waals surface area contributed by atoms with E-state index in [2.05, 4.69) is 0 Å². The highest BCUT2D eigenvalue weighted by Crippen LogP contribution is 2.30. The normalized spacial score (nSPS) is 13.0. The average molecular weight is 334 g/mol. The first-order valence-electron chi connectivity index (χ1n) is 7.75. The predicted octanol–water partition coefficient (Wildman–Crippen LogP) is 3.11. The molecule has 0 amide bonds. The standard InChI is InChI=1S/C18H22O4S/c19-14-8-2-5-12-17(20)16-11-6-7-13-18(16)23(21,22)15-9-3-1-4-10-15/h1,3-4,6-7,9-11,13,17,19-20H,2,5,8,12,14H2. The smallest absolute Gasteiger partial charge is 0.206 e. The molecule has 0 saturated carbocycles. The van der Waals surface area contributed by atoms with Gasteiger partial charge < -0.3 is 10.2 Å². The number of aliphatic hydroxyl groups is 2. The SMILES string of the molecule is O=S(=O)(c1ccccc1)c1ccccc1C(O)CCCCCO. The van der Waals surface area contributed by atoms with Crippen LogP contribution >= 0.6 is 0 Å². The van der Waals surface area contributed by atoms with Crippen molar-refractivity contribution < 1.29 is 18.6 Å². The van der Waals surface area contributed by atoms with Crippen molar-refractivity contribution in [2.24, 2.45) is 0 Å². The summed E-state index contributed by atoms with van der Waals surface area (Å²) in [6.45, 7) is 0.134. The fourth-order valence-electron chi connectivity index (χ4n) is 2.51. The van der Waals surface area contributed by atoms with Crippen LogP contribution in [0.3, 0.4) is 0 Å². The molecule has 5 heteroatoms. The van der Waals surface area contributed by atoms with Gasteiger partial charge in [0.15, 0.2) is 0 Å². The zero-order valence-corrected chi connectivity index (χ0v) is 13.7. The molecule has 0 aromatic heterocycles. The Morgan fingerprint density at radius 2 is 1.52 bits per heavy atom. The Kier molecular flexibility index (Phi) is 6.33. The largest absolute Gasteiger partial charge is 0.396 e. The Labute approximate surface area is 137 Å². The Hall–Kier alpha value is -1.69.